The largest absolute Gasteiger partial charge is 0.382 e. The van der Waals surface area contributed by atoms with E-state index in [4.69, 9.17) is 21.4 Å². The number of hydrogen-bond acceptors (Lipinski definition) is 16. The lowest BCUT2D eigenvalue weighted by Gasteiger charge is -2.31. The molecule has 0 fully saturated rings. The van der Waals surface area contributed by atoms with E-state index in [-0.39, 0.29) is 38.7 Å². The van der Waals surface area contributed by atoms with Crippen molar-refractivity contribution in [3.8, 4) is 44.9 Å². The van der Waals surface area contributed by atoms with E-state index in [1.54, 1.807) is 43.0 Å². The maximum Gasteiger partial charge on any atom is 0.219 e. The number of sulfone groups is 2. The van der Waals surface area contributed by atoms with E-state index in [0.717, 1.165) is 68.5 Å². The van der Waals surface area contributed by atoms with Crippen molar-refractivity contribution in [1.82, 2.24) is 50.5 Å². The van der Waals surface area contributed by atoms with Gasteiger partial charge >= 0.3 is 0 Å². The molecule has 0 aliphatic carbocycles. The average Bonchev–Trinajstić information content (AvgIpc) is 3.30. The lowest BCUT2D eigenvalue weighted by atomic mass is 9.74. The molecule has 8 aromatic rings. The van der Waals surface area contributed by atoms with Gasteiger partial charge in [-0.15, -0.1) is 30.6 Å². The zero-order valence-corrected chi connectivity index (χ0v) is 40.6. The first kappa shape index (κ1) is 48.5. The van der Waals surface area contributed by atoms with Gasteiger partial charge in [0.05, 0.1) is 17.1 Å². The fourth-order valence-corrected chi connectivity index (χ4v) is 8.73. The van der Waals surface area contributed by atoms with Gasteiger partial charge in [0.2, 0.25) is 5.95 Å². The number of hydrogen-bond donors (Lipinski definition) is 2. The van der Waals surface area contributed by atoms with E-state index in [0.29, 0.717) is 17.2 Å². The van der Waals surface area contributed by atoms with Crippen LogP contribution in [-0.4, -0.2) is 79.9 Å². The van der Waals surface area contributed by atoms with E-state index in [9.17, 15) is 16.8 Å². The third-order valence-electron chi connectivity index (χ3n) is 11.0. The highest BCUT2D eigenvalue weighted by Crippen LogP contribution is 2.42. The molecular formula is C50H52N12O4S2. The summed E-state index contributed by atoms with van der Waals surface area (Å²) in [4.78, 5) is 17.6. The minimum absolute atomic E-state index is 0.0480. The van der Waals surface area contributed by atoms with Gasteiger partial charge in [-0.1, -0.05) is 90.1 Å². The third kappa shape index (κ3) is 11.7. The predicted octanol–water partition coefficient (Wildman–Crippen LogP) is 8.32. The van der Waals surface area contributed by atoms with Crippen LogP contribution in [0.15, 0.2) is 144 Å². The molecule has 6 aromatic heterocycles. The molecule has 18 heteroatoms. The molecule has 0 spiro atoms. The molecule has 8 rings (SSSR count). The van der Waals surface area contributed by atoms with Crippen LogP contribution in [-0.2, 0) is 19.7 Å². The Morgan fingerprint density at radius 3 is 1.10 bits per heavy atom. The molecule has 0 bridgehead atoms. The number of benzene rings is 2. The Morgan fingerprint density at radius 1 is 0.397 bits per heavy atom. The summed E-state index contributed by atoms with van der Waals surface area (Å²) < 4.78 is 46.5. The highest BCUT2D eigenvalue weighted by Gasteiger charge is 2.30. The normalized spacial score (nSPS) is 12.9. The van der Waals surface area contributed by atoms with E-state index < -0.39 is 19.7 Å². The molecular weight excluding hydrogens is 897 g/mol. The van der Waals surface area contributed by atoms with Crippen LogP contribution in [0.4, 0.5) is 11.8 Å². The second-order valence-corrected chi connectivity index (χ2v) is 22.4. The summed E-state index contributed by atoms with van der Waals surface area (Å²) >= 11 is 0. The Bertz CT molecular complexity index is 2980. The highest BCUT2D eigenvalue weighted by atomic mass is 32.2. The summed E-state index contributed by atoms with van der Waals surface area (Å²) in [6, 6.07) is 34.2. The van der Waals surface area contributed by atoms with E-state index in [1.165, 1.54) is 12.1 Å². The first-order valence-electron chi connectivity index (χ1n) is 21.4. The number of pyridine rings is 2. The van der Waals surface area contributed by atoms with Crippen molar-refractivity contribution in [3.63, 3.8) is 0 Å². The maximum atomic E-state index is 11.6. The van der Waals surface area contributed by atoms with Crippen LogP contribution >= 0.6 is 0 Å². The zero-order chi connectivity index (χ0) is 49.0. The lowest BCUT2D eigenvalue weighted by Crippen LogP contribution is -2.20. The molecule has 6 heterocycles. The van der Waals surface area contributed by atoms with Crippen LogP contribution in [0.25, 0.3) is 44.9 Å². The van der Waals surface area contributed by atoms with E-state index in [2.05, 4.69) is 119 Å². The Hall–Kier alpha value is -7.44. The molecule has 0 saturated heterocycles. The van der Waals surface area contributed by atoms with Crippen LogP contribution < -0.4 is 11.5 Å². The summed E-state index contributed by atoms with van der Waals surface area (Å²) in [6.07, 6.45) is 9.13. The van der Waals surface area contributed by atoms with Crippen LogP contribution in [0.1, 0.15) is 75.9 Å². The first-order chi connectivity index (χ1) is 32.0. The van der Waals surface area contributed by atoms with Crippen molar-refractivity contribution >= 4 is 31.4 Å². The monoisotopic (exact) mass is 948 g/mol. The molecule has 2 unspecified atom stereocenters. The summed E-state index contributed by atoms with van der Waals surface area (Å²) in [5, 5.41) is 23.7. The first-order valence-corrected chi connectivity index (χ1v) is 25.2. The summed E-state index contributed by atoms with van der Waals surface area (Å²) in [5.74, 6) is 0.740. The predicted molar refractivity (Wildman–Crippen MR) is 263 cm³/mol. The van der Waals surface area contributed by atoms with Gasteiger partial charge in [-0.05, 0) is 88.2 Å². The fourth-order valence-electron chi connectivity index (χ4n) is 7.73. The molecule has 0 saturated carbocycles. The van der Waals surface area contributed by atoms with E-state index in [1.807, 2.05) is 42.5 Å². The standard InChI is InChI=1S/2C25H26N6O2S/c1-25(2,3)24(17-7-5-16(6-8-17)19-11-13-22(26)30-28-19)21-10-9-18(15-27-21)20-12-14-23(31-29-20)34(4,32)33;1-25(2,3)23(17-7-5-16(6-8-17)19-14-28-24(26)29-15-19)21-10-9-18(13-27-21)20-11-12-22(31-30-20)34(4,32)33/h5-15,24H,1-4H3,(H2,26,30);5-15,23H,1-4H3,(H2,26,28,29). The molecule has 2 atom stereocenters. The van der Waals surface area contributed by atoms with Gasteiger partial charge in [0.1, 0.15) is 5.82 Å². The Kier molecular flexibility index (Phi) is 13.8. The van der Waals surface area contributed by atoms with Crippen LogP contribution in [0.5, 0.6) is 0 Å². The Labute approximate surface area is 396 Å². The average molecular weight is 949 g/mol. The Morgan fingerprint density at radius 2 is 0.765 bits per heavy atom. The number of nitrogens with zero attached hydrogens (tertiary/aromatic N) is 10. The summed E-state index contributed by atoms with van der Waals surface area (Å²) in [5.41, 5.74) is 21.5. The molecule has 0 amide bonds. The van der Waals surface area contributed by atoms with Crippen molar-refractivity contribution in [3.05, 3.63) is 156 Å². The molecule has 0 aliphatic heterocycles. The topological polar surface area (TPSA) is 249 Å². The highest BCUT2D eigenvalue weighted by molar-refractivity contribution is 7.90. The maximum absolute atomic E-state index is 11.6. The van der Waals surface area contributed by atoms with Crippen LogP contribution in [0.3, 0.4) is 0 Å². The minimum Gasteiger partial charge on any atom is -0.382 e. The smallest absolute Gasteiger partial charge is 0.219 e. The molecule has 2 aromatic carbocycles. The number of anilines is 2. The van der Waals surface area contributed by atoms with Crippen molar-refractivity contribution in [2.45, 2.75) is 63.4 Å². The molecule has 0 aliphatic rings. The Balaban J connectivity index is 0.000000201. The molecule has 16 nitrogen and oxygen atoms in total. The van der Waals surface area contributed by atoms with Crippen molar-refractivity contribution in [2.75, 3.05) is 24.0 Å². The summed E-state index contributed by atoms with van der Waals surface area (Å²) in [6.45, 7) is 13.1. The lowest BCUT2D eigenvalue weighted by molar-refractivity contribution is 0.353. The van der Waals surface area contributed by atoms with Gasteiger partial charge in [-0.2, -0.15) is 0 Å². The van der Waals surface area contributed by atoms with Crippen molar-refractivity contribution in [1.29, 1.82) is 0 Å². The number of rotatable bonds is 10. The van der Waals surface area contributed by atoms with Gasteiger partial charge in [-0.25, -0.2) is 26.8 Å². The number of nitrogens with two attached hydrogens (primary N) is 2. The molecule has 348 valence electrons. The van der Waals surface area contributed by atoms with Gasteiger partial charge in [0.25, 0.3) is 0 Å². The number of aromatic nitrogens is 10. The van der Waals surface area contributed by atoms with Crippen molar-refractivity contribution < 1.29 is 16.8 Å². The van der Waals surface area contributed by atoms with Gasteiger partial charge in [0, 0.05) is 82.8 Å². The fraction of sp³-hybridized carbons (Fsp3) is 0.240. The molecule has 68 heavy (non-hydrogen) atoms. The van der Waals surface area contributed by atoms with Crippen LogP contribution in [0.2, 0.25) is 0 Å². The zero-order valence-electron chi connectivity index (χ0n) is 38.9. The quantitative estimate of drug-likeness (QED) is 0.131. The van der Waals surface area contributed by atoms with Gasteiger partial charge in [0.15, 0.2) is 29.7 Å². The minimum atomic E-state index is -3.39. The van der Waals surface area contributed by atoms with E-state index >= 15 is 0 Å². The molecule has 0 radical (unpaired) electrons. The second kappa shape index (κ2) is 19.4. The van der Waals surface area contributed by atoms with Gasteiger partial charge in [-0.3, -0.25) is 9.97 Å². The second-order valence-electron chi connectivity index (χ2n) is 18.5. The third-order valence-corrected chi connectivity index (χ3v) is 13.0. The van der Waals surface area contributed by atoms with Crippen LogP contribution in [0, 0.1) is 10.8 Å². The van der Waals surface area contributed by atoms with Crippen molar-refractivity contribution in [2.24, 2.45) is 10.8 Å². The van der Waals surface area contributed by atoms with Gasteiger partial charge < -0.3 is 11.5 Å². The number of nitrogen functional groups attached to an aromatic ring is 2. The SMILES string of the molecule is CC(C)(C)C(c1ccc(-c2ccc(N)nn2)cc1)c1ccc(-c2ccc(S(C)(=O)=O)nn2)cn1.CC(C)(C)C(c1ccc(-c2cnc(N)nc2)cc1)c1ccc(-c2ccc(S(C)(=O)=O)nn2)cn1. The summed E-state index contributed by atoms with van der Waals surface area (Å²) in [7, 11) is -6.78. The molecule has 4 N–H and O–H groups in total.